The van der Waals surface area contributed by atoms with E-state index < -0.39 is 0 Å². The van der Waals surface area contributed by atoms with Crippen LogP contribution >= 0.6 is 11.9 Å². The number of pyridine rings is 1. The van der Waals surface area contributed by atoms with Gasteiger partial charge in [-0.15, -0.1) is 0 Å². The van der Waals surface area contributed by atoms with Crippen LogP contribution < -0.4 is 10.0 Å². The maximum Gasteiger partial charge on any atom is 0.251 e. The minimum atomic E-state index is -0.0160. The molecular formula is C19H21N5OS. The SMILES string of the molecule is CCSNc1[nH]nc2nc(-c3cc(C(=O)NC4CC4)ccc3C)ccc12. The molecule has 0 bridgehead atoms. The molecule has 1 saturated carbocycles. The summed E-state index contributed by atoms with van der Waals surface area (Å²) in [7, 11) is 0. The highest BCUT2D eigenvalue weighted by Crippen LogP contribution is 2.28. The summed E-state index contributed by atoms with van der Waals surface area (Å²) >= 11 is 1.61. The second kappa shape index (κ2) is 6.99. The Kier molecular flexibility index (Phi) is 4.55. The maximum absolute atomic E-state index is 12.3. The standard InChI is InChI=1S/C19H21N5OS/c1-3-26-24-18-14-8-9-16(21-17(14)22-23-18)15-10-12(5-4-11(15)2)19(25)20-13-6-7-13/h4-5,8-10,13H,3,6-7H2,1-2H3,(H,20,25)(H2,21,22,23,24). The van der Waals surface area contributed by atoms with Crippen molar-refractivity contribution < 1.29 is 4.79 Å². The number of hydrogen-bond acceptors (Lipinski definition) is 5. The zero-order valence-corrected chi connectivity index (χ0v) is 15.6. The molecule has 0 aliphatic heterocycles. The number of aromatic nitrogens is 3. The molecular weight excluding hydrogens is 346 g/mol. The number of benzene rings is 1. The average molecular weight is 367 g/mol. The van der Waals surface area contributed by atoms with Crippen molar-refractivity contribution in [2.75, 3.05) is 10.5 Å². The van der Waals surface area contributed by atoms with E-state index in [2.05, 4.69) is 32.1 Å². The van der Waals surface area contributed by atoms with Gasteiger partial charge in [-0.2, -0.15) is 5.10 Å². The van der Waals surface area contributed by atoms with Gasteiger partial charge in [0, 0.05) is 22.9 Å². The van der Waals surface area contributed by atoms with E-state index >= 15 is 0 Å². The fourth-order valence-corrected chi connectivity index (χ4v) is 3.25. The number of aryl methyl sites for hydroxylation is 1. The van der Waals surface area contributed by atoms with Gasteiger partial charge in [0.25, 0.3) is 5.91 Å². The van der Waals surface area contributed by atoms with Crippen LogP contribution in [0, 0.1) is 6.92 Å². The largest absolute Gasteiger partial charge is 0.349 e. The molecule has 134 valence electrons. The Morgan fingerprint density at radius 1 is 1.31 bits per heavy atom. The van der Waals surface area contributed by atoms with Crippen molar-refractivity contribution in [2.24, 2.45) is 0 Å². The van der Waals surface area contributed by atoms with Crippen LogP contribution in [-0.2, 0) is 0 Å². The Morgan fingerprint density at radius 3 is 2.92 bits per heavy atom. The summed E-state index contributed by atoms with van der Waals surface area (Å²) in [5.74, 6) is 1.80. The van der Waals surface area contributed by atoms with Crippen LogP contribution in [0.25, 0.3) is 22.3 Å². The summed E-state index contributed by atoms with van der Waals surface area (Å²) < 4.78 is 3.24. The van der Waals surface area contributed by atoms with Crippen LogP contribution in [0.5, 0.6) is 0 Å². The predicted octanol–water partition coefficient (Wildman–Crippen LogP) is 3.91. The first-order chi connectivity index (χ1) is 12.7. The lowest BCUT2D eigenvalue weighted by atomic mass is 10.0. The monoisotopic (exact) mass is 367 g/mol. The summed E-state index contributed by atoms with van der Waals surface area (Å²) in [6.45, 7) is 4.11. The van der Waals surface area contributed by atoms with Crippen molar-refractivity contribution in [3.05, 3.63) is 41.5 Å². The molecule has 1 fully saturated rings. The van der Waals surface area contributed by atoms with Gasteiger partial charge < -0.3 is 10.0 Å². The van der Waals surface area contributed by atoms with Crippen molar-refractivity contribution in [2.45, 2.75) is 32.7 Å². The zero-order chi connectivity index (χ0) is 18.1. The topological polar surface area (TPSA) is 82.7 Å². The third-order valence-corrected chi connectivity index (χ3v) is 5.06. The molecule has 0 unspecified atom stereocenters. The highest BCUT2D eigenvalue weighted by Gasteiger charge is 2.24. The molecule has 1 aliphatic rings. The van der Waals surface area contributed by atoms with Crippen molar-refractivity contribution in [3.8, 4) is 11.3 Å². The first-order valence-electron chi connectivity index (χ1n) is 8.80. The van der Waals surface area contributed by atoms with Crippen LogP contribution in [0.1, 0.15) is 35.7 Å². The zero-order valence-electron chi connectivity index (χ0n) is 14.8. The number of amides is 1. The van der Waals surface area contributed by atoms with Gasteiger partial charge in [-0.05, 0) is 49.6 Å². The number of rotatable bonds is 6. The minimum Gasteiger partial charge on any atom is -0.349 e. The minimum absolute atomic E-state index is 0.0160. The molecule has 0 saturated heterocycles. The molecule has 2 heterocycles. The van der Waals surface area contributed by atoms with E-state index in [1.807, 2.05) is 37.3 Å². The molecule has 0 atom stereocenters. The molecule has 0 spiro atoms. The predicted molar refractivity (Wildman–Crippen MR) is 106 cm³/mol. The Hall–Kier alpha value is -2.54. The number of fused-ring (bicyclic) bond motifs is 1. The third-order valence-electron chi connectivity index (χ3n) is 4.42. The first kappa shape index (κ1) is 16.9. The average Bonchev–Trinajstić information content (AvgIpc) is 3.37. The molecule has 3 aromatic rings. The highest BCUT2D eigenvalue weighted by molar-refractivity contribution is 8.00. The number of anilines is 1. The molecule has 4 rings (SSSR count). The molecule has 2 aromatic heterocycles. The second-order valence-electron chi connectivity index (χ2n) is 6.48. The number of aromatic amines is 1. The van der Waals surface area contributed by atoms with Crippen LogP contribution in [0.2, 0.25) is 0 Å². The lowest BCUT2D eigenvalue weighted by Crippen LogP contribution is -2.25. The number of carbonyl (C=O) groups is 1. The van der Waals surface area contributed by atoms with E-state index in [1.54, 1.807) is 11.9 Å². The fraction of sp³-hybridized carbons (Fsp3) is 0.316. The number of nitrogens with one attached hydrogen (secondary N) is 3. The lowest BCUT2D eigenvalue weighted by Gasteiger charge is -2.09. The van der Waals surface area contributed by atoms with E-state index in [0.29, 0.717) is 17.3 Å². The molecule has 6 nitrogen and oxygen atoms in total. The van der Waals surface area contributed by atoms with E-state index in [9.17, 15) is 4.79 Å². The summed E-state index contributed by atoms with van der Waals surface area (Å²) in [5.41, 5.74) is 4.18. The highest BCUT2D eigenvalue weighted by atomic mass is 32.2. The number of H-pyrrole nitrogens is 1. The van der Waals surface area contributed by atoms with E-state index in [-0.39, 0.29) is 5.91 Å². The number of carbonyl (C=O) groups excluding carboxylic acids is 1. The van der Waals surface area contributed by atoms with Crippen LogP contribution in [0.15, 0.2) is 30.3 Å². The molecule has 1 aromatic carbocycles. The second-order valence-corrected chi connectivity index (χ2v) is 7.55. The molecule has 7 heteroatoms. The smallest absolute Gasteiger partial charge is 0.251 e. The summed E-state index contributed by atoms with van der Waals surface area (Å²) in [4.78, 5) is 17.0. The Balaban J connectivity index is 1.66. The van der Waals surface area contributed by atoms with Gasteiger partial charge >= 0.3 is 0 Å². The summed E-state index contributed by atoms with van der Waals surface area (Å²) in [6.07, 6.45) is 2.16. The molecule has 26 heavy (non-hydrogen) atoms. The lowest BCUT2D eigenvalue weighted by molar-refractivity contribution is 0.0951. The van der Waals surface area contributed by atoms with E-state index in [1.165, 1.54) is 0 Å². The molecule has 1 aliphatic carbocycles. The maximum atomic E-state index is 12.3. The van der Waals surface area contributed by atoms with Crippen molar-refractivity contribution in [1.82, 2.24) is 20.5 Å². The van der Waals surface area contributed by atoms with Gasteiger partial charge in [0.05, 0.1) is 11.1 Å². The van der Waals surface area contributed by atoms with Gasteiger partial charge in [0.15, 0.2) is 5.65 Å². The van der Waals surface area contributed by atoms with Crippen LogP contribution in [0.3, 0.4) is 0 Å². The molecule has 3 N–H and O–H groups in total. The van der Waals surface area contributed by atoms with Gasteiger partial charge in [-0.1, -0.05) is 24.9 Å². The molecule has 1 amide bonds. The summed E-state index contributed by atoms with van der Waals surface area (Å²) in [6, 6.07) is 10.1. The Morgan fingerprint density at radius 2 is 2.15 bits per heavy atom. The van der Waals surface area contributed by atoms with Crippen molar-refractivity contribution in [3.63, 3.8) is 0 Å². The molecule has 0 radical (unpaired) electrons. The Bertz CT molecular complexity index is 964. The number of hydrogen-bond donors (Lipinski definition) is 3. The van der Waals surface area contributed by atoms with Crippen LogP contribution in [-0.4, -0.2) is 32.9 Å². The summed E-state index contributed by atoms with van der Waals surface area (Å²) in [5, 5.41) is 11.3. The van der Waals surface area contributed by atoms with Crippen LogP contribution in [0.4, 0.5) is 5.82 Å². The van der Waals surface area contributed by atoms with Gasteiger partial charge in [0.1, 0.15) is 5.82 Å². The number of nitrogens with zero attached hydrogens (tertiary/aromatic N) is 2. The van der Waals surface area contributed by atoms with Crippen molar-refractivity contribution in [1.29, 1.82) is 0 Å². The van der Waals surface area contributed by atoms with Gasteiger partial charge in [-0.25, -0.2) is 4.98 Å². The van der Waals surface area contributed by atoms with E-state index in [4.69, 9.17) is 0 Å². The fourth-order valence-electron chi connectivity index (χ4n) is 2.81. The van der Waals surface area contributed by atoms with Crippen molar-refractivity contribution >= 4 is 34.7 Å². The first-order valence-corrected chi connectivity index (χ1v) is 9.79. The van der Waals surface area contributed by atoms with E-state index in [0.717, 1.165) is 46.6 Å². The third kappa shape index (κ3) is 3.39. The quantitative estimate of drug-likeness (QED) is 0.576. The Labute approximate surface area is 156 Å². The van der Waals surface area contributed by atoms with Gasteiger partial charge in [-0.3, -0.25) is 9.89 Å². The normalized spacial score (nSPS) is 13.8. The van der Waals surface area contributed by atoms with Gasteiger partial charge in [0.2, 0.25) is 0 Å².